The molecule has 6 nitrogen and oxygen atoms in total. The van der Waals surface area contributed by atoms with E-state index in [0.717, 1.165) is 13.0 Å². The average Bonchev–Trinajstić information content (AvgIpc) is 3.14. The summed E-state index contributed by atoms with van der Waals surface area (Å²) in [4.78, 5) is 23.9. The molecule has 0 atom stereocenters. The van der Waals surface area contributed by atoms with Gasteiger partial charge in [-0.05, 0) is 36.8 Å². The molecule has 158 valence electrons. The van der Waals surface area contributed by atoms with E-state index in [-0.39, 0.29) is 11.1 Å². The van der Waals surface area contributed by atoms with Crippen LogP contribution in [0.25, 0.3) is 21.8 Å². The Morgan fingerprint density at radius 3 is 1.81 bits per heavy atom. The van der Waals surface area contributed by atoms with Gasteiger partial charge in [-0.1, -0.05) is 36.4 Å². The number of fused-ring (bicyclic) bond motifs is 3. The molecule has 4 aromatic rings. The van der Waals surface area contributed by atoms with Gasteiger partial charge in [0.2, 0.25) is 0 Å². The summed E-state index contributed by atoms with van der Waals surface area (Å²) in [6, 6.07) is 21.3. The van der Waals surface area contributed by atoms with Crippen molar-refractivity contribution in [1.82, 2.24) is 4.57 Å². The van der Waals surface area contributed by atoms with Crippen LogP contribution in [0.2, 0.25) is 0 Å². The predicted molar refractivity (Wildman–Crippen MR) is 119 cm³/mol. The van der Waals surface area contributed by atoms with Gasteiger partial charge in [-0.25, -0.2) is 9.59 Å². The molecule has 0 saturated heterocycles. The molecule has 0 fully saturated rings. The van der Waals surface area contributed by atoms with Crippen LogP contribution in [0, 0.1) is 0 Å². The molecule has 0 spiro atoms. The van der Waals surface area contributed by atoms with Crippen LogP contribution >= 0.6 is 0 Å². The first-order valence-electron chi connectivity index (χ1n) is 10.0. The zero-order valence-corrected chi connectivity index (χ0v) is 17.5. The van der Waals surface area contributed by atoms with E-state index in [9.17, 15) is 9.59 Å². The maximum Gasteiger partial charge on any atom is 0.338 e. The van der Waals surface area contributed by atoms with Gasteiger partial charge in [0.1, 0.15) is 5.75 Å². The molecule has 6 heteroatoms. The summed E-state index contributed by atoms with van der Waals surface area (Å²) in [5.41, 5.74) is 2.85. The van der Waals surface area contributed by atoms with Gasteiger partial charge in [-0.2, -0.15) is 0 Å². The smallest absolute Gasteiger partial charge is 0.338 e. The maximum atomic E-state index is 11.9. The third-order valence-electron chi connectivity index (χ3n) is 5.22. The summed E-state index contributed by atoms with van der Waals surface area (Å²) in [6.07, 6.45) is 0.749. The van der Waals surface area contributed by atoms with Gasteiger partial charge in [0.15, 0.2) is 0 Å². The normalized spacial score (nSPS) is 10.9. The van der Waals surface area contributed by atoms with Crippen LogP contribution in [-0.2, 0) is 16.0 Å². The highest BCUT2D eigenvalue weighted by molar-refractivity contribution is 6.07. The van der Waals surface area contributed by atoms with Crippen LogP contribution in [0.1, 0.15) is 27.1 Å². The van der Waals surface area contributed by atoms with E-state index in [4.69, 9.17) is 14.2 Å². The van der Waals surface area contributed by atoms with Crippen molar-refractivity contribution in [3.8, 4) is 5.75 Å². The number of hydrogen-bond donors (Lipinski definition) is 0. The minimum Gasteiger partial charge on any atom is -0.493 e. The van der Waals surface area contributed by atoms with Crippen LogP contribution in [-0.4, -0.2) is 37.3 Å². The molecule has 0 aliphatic heterocycles. The number of benzene rings is 3. The second-order valence-corrected chi connectivity index (χ2v) is 7.12. The number of para-hydroxylation sites is 2. The first kappa shape index (κ1) is 20.5. The molecule has 31 heavy (non-hydrogen) atoms. The Morgan fingerprint density at radius 2 is 1.29 bits per heavy atom. The highest BCUT2D eigenvalue weighted by Crippen LogP contribution is 2.29. The van der Waals surface area contributed by atoms with Gasteiger partial charge in [0.25, 0.3) is 0 Å². The molecular weight excluding hydrogens is 394 g/mol. The molecule has 1 heterocycles. The van der Waals surface area contributed by atoms with Gasteiger partial charge >= 0.3 is 11.9 Å². The molecule has 0 bridgehead atoms. The summed E-state index contributed by atoms with van der Waals surface area (Å²) in [6.45, 7) is 1.20. The molecule has 0 aliphatic rings. The number of ether oxygens (including phenoxy) is 3. The standard InChI is InChI=1S/C25H23NO5/c1-29-24(27)17-14-18(25(28)30-2)16-19(15-17)31-13-7-12-26-22-10-5-3-8-20(22)21-9-4-6-11-23(21)26/h3-6,8-11,14-16H,7,12-13H2,1-2H3. The quantitative estimate of drug-likeness (QED) is 0.318. The minimum atomic E-state index is -0.541. The molecule has 0 aliphatic carbocycles. The Hall–Kier alpha value is -3.80. The number of methoxy groups -OCH3 is 2. The van der Waals surface area contributed by atoms with Gasteiger partial charge in [-0.3, -0.25) is 0 Å². The number of aryl methyl sites for hydroxylation is 1. The molecule has 0 N–H and O–H groups in total. The molecule has 0 amide bonds. The third kappa shape index (κ3) is 4.10. The predicted octanol–water partition coefficient (Wildman–Crippen LogP) is 4.84. The second kappa shape index (κ2) is 8.92. The van der Waals surface area contributed by atoms with E-state index in [1.807, 2.05) is 12.1 Å². The fourth-order valence-electron chi connectivity index (χ4n) is 3.81. The maximum absolute atomic E-state index is 11.9. The monoisotopic (exact) mass is 417 g/mol. The van der Waals surface area contributed by atoms with Gasteiger partial charge in [-0.15, -0.1) is 0 Å². The second-order valence-electron chi connectivity index (χ2n) is 7.12. The van der Waals surface area contributed by atoms with Crippen molar-refractivity contribution < 1.29 is 23.8 Å². The largest absolute Gasteiger partial charge is 0.493 e. The van der Waals surface area contributed by atoms with Crippen LogP contribution in [0.4, 0.5) is 0 Å². The lowest BCUT2D eigenvalue weighted by Gasteiger charge is -2.11. The summed E-state index contributed by atoms with van der Waals surface area (Å²) in [5, 5.41) is 2.46. The lowest BCUT2D eigenvalue weighted by molar-refractivity contribution is 0.0598. The number of aromatic nitrogens is 1. The average molecular weight is 417 g/mol. The number of esters is 2. The Bertz CT molecular complexity index is 1170. The Kier molecular flexibility index (Phi) is 5.89. The van der Waals surface area contributed by atoms with E-state index in [1.54, 1.807) is 12.1 Å². The van der Waals surface area contributed by atoms with Crippen molar-refractivity contribution in [2.75, 3.05) is 20.8 Å². The van der Waals surface area contributed by atoms with E-state index < -0.39 is 11.9 Å². The molecule has 0 unspecified atom stereocenters. The van der Waals surface area contributed by atoms with E-state index >= 15 is 0 Å². The van der Waals surface area contributed by atoms with Gasteiger partial charge < -0.3 is 18.8 Å². The minimum absolute atomic E-state index is 0.239. The SMILES string of the molecule is COC(=O)c1cc(OCCCn2c3ccccc3c3ccccc32)cc(C(=O)OC)c1. The summed E-state index contributed by atoms with van der Waals surface area (Å²) in [7, 11) is 2.58. The third-order valence-corrected chi connectivity index (χ3v) is 5.22. The Labute approximate surface area is 179 Å². The number of carbonyl (C=O) groups is 2. The van der Waals surface area contributed by atoms with Crippen molar-refractivity contribution >= 4 is 33.7 Å². The molecule has 3 aromatic carbocycles. The van der Waals surface area contributed by atoms with Crippen molar-refractivity contribution in [3.63, 3.8) is 0 Å². The number of carbonyl (C=O) groups excluding carboxylic acids is 2. The topological polar surface area (TPSA) is 66.8 Å². The lowest BCUT2D eigenvalue weighted by atomic mass is 10.1. The Balaban J connectivity index is 1.51. The first-order chi connectivity index (χ1) is 15.1. The van der Waals surface area contributed by atoms with E-state index in [0.29, 0.717) is 12.4 Å². The van der Waals surface area contributed by atoms with Crippen LogP contribution in [0.5, 0.6) is 5.75 Å². The summed E-state index contributed by atoms with van der Waals surface area (Å²) < 4.78 is 17.7. The molecule has 0 saturated carbocycles. The van der Waals surface area contributed by atoms with Crippen molar-refractivity contribution in [2.24, 2.45) is 0 Å². The first-order valence-corrected chi connectivity index (χ1v) is 10.0. The zero-order chi connectivity index (χ0) is 21.8. The lowest BCUT2D eigenvalue weighted by Crippen LogP contribution is -2.09. The molecular formula is C25H23NO5. The van der Waals surface area contributed by atoms with Crippen LogP contribution < -0.4 is 4.74 Å². The van der Waals surface area contributed by atoms with Crippen LogP contribution in [0.15, 0.2) is 66.7 Å². The van der Waals surface area contributed by atoms with Crippen molar-refractivity contribution in [2.45, 2.75) is 13.0 Å². The van der Waals surface area contributed by atoms with Crippen LogP contribution in [0.3, 0.4) is 0 Å². The van der Waals surface area contributed by atoms with E-state index in [2.05, 4.69) is 41.0 Å². The molecule has 0 radical (unpaired) electrons. The zero-order valence-electron chi connectivity index (χ0n) is 17.5. The highest BCUT2D eigenvalue weighted by Gasteiger charge is 2.15. The molecule has 1 aromatic heterocycles. The number of rotatable bonds is 7. The number of nitrogens with zero attached hydrogens (tertiary/aromatic N) is 1. The van der Waals surface area contributed by atoms with Crippen molar-refractivity contribution in [1.29, 1.82) is 0 Å². The van der Waals surface area contributed by atoms with Gasteiger partial charge in [0.05, 0.1) is 32.0 Å². The fraction of sp³-hybridized carbons (Fsp3) is 0.200. The number of hydrogen-bond acceptors (Lipinski definition) is 5. The highest BCUT2D eigenvalue weighted by atomic mass is 16.5. The van der Waals surface area contributed by atoms with E-state index in [1.165, 1.54) is 42.1 Å². The summed E-state index contributed by atoms with van der Waals surface area (Å²) >= 11 is 0. The van der Waals surface area contributed by atoms with Gasteiger partial charge in [0, 0.05) is 28.4 Å². The van der Waals surface area contributed by atoms with Crippen molar-refractivity contribution in [3.05, 3.63) is 77.9 Å². The fourth-order valence-corrected chi connectivity index (χ4v) is 3.81. The Morgan fingerprint density at radius 1 is 0.774 bits per heavy atom. The summed E-state index contributed by atoms with van der Waals surface area (Å²) in [5.74, 6) is -0.660. The molecule has 4 rings (SSSR count).